The zero-order valence-corrected chi connectivity index (χ0v) is 9.57. The van der Waals surface area contributed by atoms with E-state index in [1.807, 2.05) is 0 Å². The number of hydrogen-bond donors (Lipinski definition) is 2. The summed E-state index contributed by atoms with van der Waals surface area (Å²) in [7, 11) is 1.71. The normalized spacial score (nSPS) is 35.7. The summed E-state index contributed by atoms with van der Waals surface area (Å²) in [5.41, 5.74) is -0.798. The van der Waals surface area contributed by atoms with Gasteiger partial charge in [-0.1, -0.05) is 0 Å². The van der Waals surface area contributed by atoms with Gasteiger partial charge in [0.25, 0.3) is 0 Å². The van der Waals surface area contributed by atoms with Crippen LogP contribution in [0.3, 0.4) is 0 Å². The molecular formula is C11H19NO4. The summed E-state index contributed by atoms with van der Waals surface area (Å²) in [4.78, 5) is 11.3. The predicted octanol–water partition coefficient (Wildman–Crippen LogP) is 0.387. The van der Waals surface area contributed by atoms with Crippen LogP contribution in [0, 0.1) is 0 Å². The number of likely N-dealkylation sites (N-methyl/N-ethyl adjacent to an activating group) is 1. The van der Waals surface area contributed by atoms with Crippen LogP contribution in [0.2, 0.25) is 0 Å². The van der Waals surface area contributed by atoms with Gasteiger partial charge in [0, 0.05) is 6.42 Å². The van der Waals surface area contributed by atoms with Crippen LogP contribution in [0.5, 0.6) is 0 Å². The summed E-state index contributed by atoms with van der Waals surface area (Å²) in [5, 5.41) is 12.2. The number of aliphatic carboxylic acids is 1. The Kier molecular flexibility index (Phi) is 3.47. The molecule has 5 nitrogen and oxygen atoms in total. The standard InChI is InChI=1S/C11H19NO4/c1-12-11(10(13)14)4-2-3-8(5-11)16-9-6-15-7-9/h8-9,12H,2-7H2,1H3,(H,13,14). The van der Waals surface area contributed by atoms with Crippen molar-refractivity contribution in [2.24, 2.45) is 0 Å². The molecule has 2 unspecified atom stereocenters. The van der Waals surface area contributed by atoms with E-state index < -0.39 is 11.5 Å². The molecule has 2 rings (SSSR count). The lowest BCUT2D eigenvalue weighted by Gasteiger charge is -2.39. The fourth-order valence-corrected chi connectivity index (χ4v) is 2.43. The molecule has 0 aromatic carbocycles. The molecule has 5 heteroatoms. The Balaban J connectivity index is 1.93. The minimum Gasteiger partial charge on any atom is -0.480 e. The third-order valence-electron chi connectivity index (χ3n) is 3.59. The van der Waals surface area contributed by atoms with Crippen molar-refractivity contribution in [3.63, 3.8) is 0 Å². The van der Waals surface area contributed by atoms with Crippen molar-refractivity contribution in [2.75, 3.05) is 20.3 Å². The topological polar surface area (TPSA) is 67.8 Å². The van der Waals surface area contributed by atoms with Gasteiger partial charge in [-0.2, -0.15) is 0 Å². The van der Waals surface area contributed by atoms with Crippen LogP contribution in [-0.4, -0.2) is 49.1 Å². The van der Waals surface area contributed by atoms with Gasteiger partial charge in [-0.15, -0.1) is 0 Å². The zero-order valence-electron chi connectivity index (χ0n) is 9.57. The Labute approximate surface area is 95.1 Å². The average molecular weight is 229 g/mol. The Morgan fingerprint density at radius 3 is 2.75 bits per heavy atom. The number of nitrogens with one attached hydrogen (secondary N) is 1. The quantitative estimate of drug-likeness (QED) is 0.729. The van der Waals surface area contributed by atoms with Gasteiger partial charge in [0.05, 0.1) is 19.3 Å². The van der Waals surface area contributed by atoms with E-state index in [0.717, 1.165) is 12.8 Å². The van der Waals surface area contributed by atoms with Gasteiger partial charge in [-0.05, 0) is 26.3 Å². The molecule has 2 N–H and O–H groups in total. The lowest BCUT2D eigenvalue weighted by atomic mass is 9.80. The summed E-state index contributed by atoms with van der Waals surface area (Å²) in [5.74, 6) is -0.770. The van der Waals surface area contributed by atoms with Crippen molar-refractivity contribution in [1.29, 1.82) is 0 Å². The molecule has 0 amide bonds. The lowest BCUT2D eigenvalue weighted by molar-refractivity contribution is -0.171. The van der Waals surface area contributed by atoms with Gasteiger partial charge in [-0.25, -0.2) is 0 Å². The fraction of sp³-hybridized carbons (Fsp3) is 0.909. The average Bonchev–Trinajstić information content (AvgIpc) is 2.23. The second-order valence-corrected chi connectivity index (χ2v) is 4.65. The molecule has 1 saturated carbocycles. The van der Waals surface area contributed by atoms with Crippen LogP contribution in [-0.2, 0) is 14.3 Å². The van der Waals surface area contributed by atoms with Crippen molar-refractivity contribution in [2.45, 2.75) is 43.4 Å². The van der Waals surface area contributed by atoms with Crippen LogP contribution in [0.4, 0.5) is 0 Å². The van der Waals surface area contributed by atoms with Gasteiger partial charge < -0.3 is 19.9 Å². The molecule has 1 aliphatic carbocycles. The van der Waals surface area contributed by atoms with Gasteiger partial charge in [0.2, 0.25) is 0 Å². The Bertz CT molecular complexity index is 267. The van der Waals surface area contributed by atoms with Crippen molar-refractivity contribution in [1.82, 2.24) is 5.32 Å². The molecular weight excluding hydrogens is 210 g/mol. The summed E-state index contributed by atoms with van der Waals surface area (Å²) in [6.45, 7) is 1.30. The lowest BCUT2D eigenvalue weighted by Crippen LogP contribution is -2.55. The highest BCUT2D eigenvalue weighted by Gasteiger charge is 2.43. The molecule has 2 aliphatic rings. The molecule has 0 bridgehead atoms. The van der Waals surface area contributed by atoms with E-state index in [0.29, 0.717) is 26.1 Å². The molecule has 1 heterocycles. The minimum atomic E-state index is -0.798. The highest BCUT2D eigenvalue weighted by atomic mass is 16.6. The molecule has 0 radical (unpaired) electrons. The predicted molar refractivity (Wildman–Crippen MR) is 57.4 cm³/mol. The maximum Gasteiger partial charge on any atom is 0.323 e. The van der Waals surface area contributed by atoms with Crippen molar-refractivity contribution in [3.8, 4) is 0 Å². The number of rotatable bonds is 4. The van der Waals surface area contributed by atoms with Crippen molar-refractivity contribution >= 4 is 5.97 Å². The number of carboxylic acids is 1. The second-order valence-electron chi connectivity index (χ2n) is 4.65. The first-order valence-corrected chi connectivity index (χ1v) is 5.82. The second kappa shape index (κ2) is 4.69. The molecule has 0 aromatic rings. The molecule has 0 aromatic heterocycles. The third kappa shape index (κ3) is 2.21. The summed E-state index contributed by atoms with van der Waals surface area (Å²) in [6, 6.07) is 0. The van der Waals surface area contributed by atoms with E-state index in [1.165, 1.54) is 0 Å². The fourth-order valence-electron chi connectivity index (χ4n) is 2.43. The van der Waals surface area contributed by atoms with E-state index in [1.54, 1.807) is 7.05 Å². The summed E-state index contributed by atoms with van der Waals surface area (Å²) < 4.78 is 10.9. The number of hydrogen-bond acceptors (Lipinski definition) is 4. The maximum atomic E-state index is 11.3. The highest BCUT2D eigenvalue weighted by molar-refractivity contribution is 5.79. The molecule has 2 atom stereocenters. The molecule has 0 spiro atoms. The molecule has 1 aliphatic heterocycles. The summed E-state index contributed by atoms with van der Waals surface area (Å²) in [6.07, 6.45) is 3.30. The monoisotopic (exact) mass is 229 g/mol. The van der Waals surface area contributed by atoms with E-state index in [-0.39, 0.29) is 12.2 Å². The van der Waals surface area contributed by atoms with E-state index in [4.69, 9.17) is 9.47 Å². The van der Waals surface area contributed by atoms with Crippen molar-refractivity contribution in [3.05, 3.63) is 0 Å². The van der Waals surface area contributed by atoms with Gasteiger partial charge in [0.1, 0.15) is 11.6 Å². The van der Waals surface area contributed by atoms with Crippen LogP contribution in [0.25, 0.3) is 0 Å². The van der Waals surface area contributed by atoms with Crippen molar-refractivity contribution < 1.29 is 19.4 Å². The van der Waals surface area contributed by atoms with Gasteiger partial charge >= 0.3 is 5.97 Å². The van der Waals surface area contributed by atoms with Gasteiger partial charge in [-0.3, -0.25) is 4.79 Å². The first-order valence-electron chi connectivity index (χ1n) is 5.82. The SMILES string of the molecule is CNC1(C(=O)O)CCCC(OC2COC2)C1. The Morgan fingerprint density at radius 1 is 1.50 bits per heavy atom. The summed E-state index contributed by atoms with van der Waals surface area (Å²) >= 11 is 0. The van der Waals surface area contributed by atoms with Crippen LogP contribution < -0.4 is 5.32 Å². The Hall–Kier alpha value is -0.650. The molecule has 92 valence electrons. The van der Waals surface area contributed by atoms with E-state index in [9.17, 15) is 9.90 Å². The molecule has 2 fully saturated rings. The Morgan fingerprint density at radius 2 is 2.25 bits per heavy atom. The first-order chi connectivity index (χ1) is 7.66. The highest BCUT2D eigenvalue weighted by Crippen LogP contribution is 2.31. The number of carboxylic acid groups (broad SMARTS) is 1. The van der Waals surface area contributed by atoms with E-state index >= 15 is 0 Å². The van der Waals surface area contributed by atoms with Crippen LogP contribution in [0.1, 0.15) is 25.7 Å². The first kappa shape index (κ1) is 11.8. The number of carbonyl (C=O) groups is 1. The van der Waals surface area contributed by atoms with Crippen LogP contribution >= 0.6 is 0 Å². The smallest absolute Gasteiger partial charge is 0.323 e. The maximum absolute atomic E-state index is 11.3. The van der Waals surface area contributed by atoms with Gasteiger partial charge in [0.15, 0.2) is 0 Å². The molecule has 1 saturated heterocycles. The zero-order chi connectivity index (χ0) is 11.6. The largest absolute Gasteiger partial charge is 0.480 e. The van der Waals surface area contributed by atoms with E-state index in [2.05, 4.69) is 5.32 Å². The molecule has 16 heavy (non-hydrogen) atoms. The minimum absolute atomic E-state index is 0.0474. The van der Waals surface area contributed by atoms with Crippen LogP contribution in [0.15, 0.2) is 0 Å². The third-order valence-corrected chi connectivity index (χ3v) is 3.59. The number of ether oxygens (including phenoxy) is 2.